The molecular weight excluding hydrogens is 262 g/mol. The summed E-state index contributed by atoms with van der Waals surface area (Å²) in [5.41, 5.74) is 7.23. The predicted molar refractivity (Wildman–Crippen MR) is 74.6 cm³/mol. The fraction of sp³-hybridized carbons (Fsp3) is 0.231. The summed E-state index contributed by atoms with van der Waals surface area (Å²) in [5, 5.41) is 1.69. The first-order valence-electron chi connectivity index (χ1n) is 5.74. The van der Waals surface area contributed by atoms with Gasteiger partial charge in [-0.05, 0) is 12.5 Å². The normalized spacial score (nSPS) is 10.4. The van der Waals surface area contributed by atoms with Crippen molar-refractivity contribution in [1.29, 1.82) is 0 Å². The molecule has 1 heterocycles. The van der Waals surface area contributed by atoms with Gasteiger partial charge in [0.15, 0.2) is 5.13 Å². The zero-order valence-electron chi connectivity index (χ0n) is 10.8. The van der Waals surface area contributed by atoms with Gasteiger partial charge in [0.05, 0.1) is 19.3 Å². The van der Waals surface area contributed by atoms with Crippen LogP contribution in [-0.2, 0) is 11.4 Å². The molecule has 1 aromatic carbocycles. The molecule has 0 aliphatic carbocycles. The predicted octanol–water partition coefficient (Wildman–Crippen LogP) is 2.24. The number of hydrogen-bond donors (Lipinski definition) is 1. The molecule has 1 amide bonds. The Hall–Kier alpha value is -1.92. The smallest absolute Gasteiger partial charge is 0.289 e. The van der Waals surface area contributed by atoms with E-state index in [2.05, 4.69) is 4.98 Å². The van der Waals surface area contributed by atoms with E-state index in [9.17, 15) is 4.79 Å². The molecule has 0 aliphatic rings. The largest absolute Gasteiger partial charge is 0.375 e. The van der Waals surface area contributed by atoms with Gasteiger partial charge in [0.2, 0.25) is 0 Å². The number of hydrogen-bond acceptors (Lipinski definition) is 5. The second-order valence-corrected chi connectivity index (χ2v) is 5.01. The third kappa shape index (κ3) is 3.10. The topological polar surface area (TPSA) is 68.5 Å². The van der Waals surface area contributed by atoms with Gasteiger partial charge in [-0.1, -0.05) is 41.7 Å². The number of nitrogens with zero attached hydrogens (tertiary/aromatic N) is 2. The first-order valence-corrected chi connectivity index (χ1v) is 6.56. The molecule has 0 bridgehead atoms. The van der Waals surface area contributed by atoms with Gasteiger partial charge in [0.1, 0.15) is 4.88 Å². The molecule has 6 heteroatoms. The number of anilines is 1. The van der Waals surface area contributed by atoms with E-state index in [1.165, 1.54) is 23.5 Å². The zero-order chi connectivity index (χ0) is 13.8. The van der Waals surface area contributed by atoms with Crippen LogP contribution in [0, 0.1) is 6.92 Å². The first-order chi connectivity index (χ1) is 9.11. The van der Waals surface area contributed by atoms with Gasteiger partial charge in [-0.2, -0.15) is 0 Å². The monoisotopic (exact) mass is 277 g/mol. The molecule has 0 radical (unpaired) electrons. The molecule has 0 unspecified atom stereocenters. The summed E-state index contributed by atoms with van der Waals surface area (Å²) in [4.78, 5) is 22.0. The summed E-state index contributed by atoms with van der Waals surface area (Å²) in [6, 6.07) is 9.64. The summed E-state index contributed by atoms with van der Waals surface area (Å²) < 4.78 is 0. The van der Waals surface area contributed by atoms with E-state index in [0.717, 1.165) is 5.56 Å². The zero-order valence-corrected chi connectivity index (χ0v) is 11.6. The van der Waals surface area contributed by atoms with Crippen molar-refractivity contribution in [2.75, 3.05) is 12.8 Å². The van der Waals surface area contributed by atoms with E-state index in [1.54, 1.807) is 6.92 Å². The van der Waals surface area contributed by atoms with Crippen LogP contribution in [0.5, 0.6) is 0 Å². The second-order valence-electron chi connectivity index (χ2n) is 3.98. The van der Waals surface area contributed by atoms with Gasteiger partial charge in [-0.25, -0.2) is 10.0 Å². The molecule has 2 rings (SSSR count). The highest BCUT2D eigenvalue weighted by Gasteiger charge is 2.21. The van der Waals surface area contributed by atoms with Gasteiger partial charge in [-0.15, -0.1) is 0 Å². The average Bonchev–Trinajstić information content (AvgIpc) is 2.75. The highest BCUT2D eigenvalue weighted by molar-refractivity contribution is 7.17. The van der Waals surface area contributed by atoms with Crippen molar-refractivity contribution in [1.82, 2.24) is 10.0 Å². The lowest BCUT2D eigenvalue weighted by atomic mass is 10.2. The molecule has 0 fully saturated rings. The fourth-order valence-corrected chi connectivity index (χ4v) is 2.47. The Morgan fingerprint density at radius 3 is 2.63 bits per heavy atom. The molecule has 1 aromatic heterocycles. The minimum Gasteiger partial charge on any atom is -0.375 e. The summed E-state index contributed by atoms with van der Waals surface area (Å²) in [5.74, 6) is -0.224. The fourth-order valence-electron chi connectivity index (χ4n) is 1.70. The van der Waals surface area contributed by atoms with Crippen LogP contribution in [0.3, 0.4) is 0 Å². The molecule has 19 heavy (non-hydrogen) atoms. The van der Waals surface area contributed by atoms with Crippen LogP contribution < -0.4 is 5.73 Å². The number of aryl methyl sites for hydroxylation is 1. The van der Waals surface area contributed by atoms with Crippen molar-refractivity contribution in [3.05, 3.63) is 46.5 Å². The Morgan fingerprint density at radius 1 is 1.42 bits per heavy atom. The van der Waals surface area contributed by atoms with Crippen LogP contribution in [0.15, 0.2) is 30.3 Å². The molecule has 5 nitrogen and oxygen atoms in total. The molecule has 0 atom stereocenters. The van der Waals surface area contributed by atoms with Gasteiger partial charge in [-0.3, -0.25) is 9.63 Å². The molecule has 0 saturated heterocycles. The number of nitrogens with two attached hydrogens (primary N) is 1. The van der Waals surface area contributed by atoms with Crippen LogP contribution in [0.1, 0.15) is 20.9 Å². The van der Waals surface area contributed by atoms with Gasteiger partial charge >= 0.3 is 0 Å². The molecule has 2 aromatic rings. The van der Waals surface area contributed by atoms with Crippen LogP contribution in [0.4, 0.5) is 5.13 Å². The molecular formula is C13H15N3O2S. The SMILES string of the molecule is CON(Cc1ccccc1)C(=O)c1sc(N)nc1C. The Balaban J connectivity index is 2.18. The van der Waals surface area contributed by atoms with E-state index < -0.39 is 0 Å². The van der Waals surface area contributed by atoms with E-state index >= 15 is 0 Å². The van der Waals surface area contributed by atoms with Crippen LogP contribution in [0.25, 0.3) is 0 Å². The number of aromatic nitrogens is 1. The minimum atomic E-state index is -0.224. The number of nitrogen functional groups attached to an aromatic ring is 1. The van der Waals surface area contributed by atoms with E-state index in [-0.39, 0.29) is 5.91 Å². The maximum atomic E-state index is 12.3. The Kier molecular flexibility index (Phi) is 4.13. The third-order valence-corrected chi connectivity index (χ3v) is 3.60. The van der Waals surface area contributed by atoms with Gasteiger partial charge < -0.3 is 5.73 Å². The minimum absolute atomic E-state index is 0.224. The standard InChI is InChI=1S/C13H15N3O2S/c1-9-11(19-13(14)15-9)12(17)16(18-2)8-10-6-4-3-5-7-10/h3-7H,8H2,1-2H3,(H2,14,15). The molecule has 0 saturated carbocycles. The summed E-state index contributed by atoms with van der Waals surface area (Å²) in [6.45, 7) is 2.14. The number of carbonyl (C=O) groups is 1. The number of amides is 1. The summed E-state index contributed by atoms with van der Waals surface area (Å²) >= 11 is 1.17. The lowest BCUT2D eigenvalue weighted by Crippen LogP contribution is -2.29. The Bertz CT molecular complexity index is 569. The number of hydroxylamine groups is 2. The van der Waals surface area contributed by atoms with Crippen molar-refractivity contribution in [2.24, 2.45) is 0 Å². The van der Waals surface area contributed by atoms with Crippen LogP contribution in [0.2, 0.25) is 0 Å². The van der Waals surface area contributed by atoms with E-state index in [1.807, 2.05) is 30.3 Å². The average molecular weight is 277 g/mol. The molecule has 0 aliphatic heterocycles. The number of carbonyl (C=O) groups excluding carboxylic acids is 1. The highest BCUT2D eigenvalue weighted by atomic mass is 32.1. The Morgan fingerprint density at radius 2 is 2.11 bits per heavy atom. The Labute approximate surface area is 115 Å². The van der Waals surface area contributed by atoms with Crippen molar-refractivity contribution >= 4 is 22.4 Å². The lowest BCUT2D eigenvalue weighted by molar-refractivity contribution is -0.101. The van der Waals surface area contributed by atoms with Crippen molar-refractivity contribution in [2.45, 2.75) is 13.5 Å². The van der Waals surface area contributed by atoms with Gasteiger partial charge in [0.25, 0.3) is 5.91 Å². The first kappa shape index (κ1) is 13.5. The van der Waals surface area contributed by atoms with Crippen LogP contribution in [-0.4, -0.2) is 23.1 Å². The van der Waals surface area contributed by atoms with E-state index in [0.29, 0.717) is 22.2 Å². The highest BCUT2D eigenvalue weighted by Crippen LogP contribution is 2.22. The lowest BCUT2D eigenvalue weighted by Gasteiger charge is -2.19. The number of benzene rings is 1. The third-order valence-electron chi connectivity index (χ3n) is 2.62. The quantitative estimate of drug-likeness (QED) is 0.870. The van der Waals surface area contributed by atoms with Gasteiger partial charge in [0, 0.05) is 0 Å². The second kappa shape index (κ2) is 5.81. The summed E-state index contributed by atoms with van der Waals surface area (Å²) in [6.07, 6.45) is 0. The van der Waals surface area contributed by atoms with Crippen LogP contribution >= 0.6 is 11.3 Å². The van der Waals surface area contributed by atoms with Crippen molar-refractivity contribution < 1.29 is 9.63 Å². The van der Waals surface area contributed by atoms with Crippen molar-refractivity contribution in [3.63, 3.8) is 0 Å². The number of thiazole rings is 1. The molecule has 0 spiro atoms. The molecule has 2 N–H and O–H groups in total. The number of rotatable bonds is 4. The van der Waals surface area contributed by atoms with Crippen molar-refractivity contribution in [3.8, 4) is 0 Å². The summed E-state index contributed by atoms with van der Waals surface area (Å²) in [7, 11) is 1.47. The maximum absolute atomic E-state index is 12.3. The van der Waals surface area contributed by atoms with E-state index in [4.69, 9.17) is 10.6 Å². The maximum Gasteiger partial charge on any atom is 0.289 e. The molecule has 100 valence electrons.